The maximum absolute atomic E-state index is 12.0. The molecule has 0 bridgehead atoms. The third-order valence-corrected chi connectivity index (χ3v) is 10.8. The fourth-order valence-corrected chi connectivity index (χ4v) is 10.1. The fraction of sp³-hybridized carbons (Fsp3) is 0.920. The molecule has 2 heterocycles. The Hall–Kier alpha value is -0.460. The number of rotatable bonds is 1. The molecule has 0 aromatic carbocycles. The Morgan fingerprint density at radius 2 is 1.67 bits per heavy atom. The first-order valence-electron chi connectivity index (χ1n) is 12.3. The van der Waals surface area contributed by atoms with Gasteiger partial charge >= 0.3 is 0 Å². The summed E-state index contributed by atoms with van der Waals surface area (Å²) < 4.78 is 24.4. The van der Waals surface area contributed by atoms with Crippen LogP contribution in [-0.4, -0.2) is 48.7 Å². The van der Waals surface area contributed by atoms with Crippen molar-refractivity contribution < 1.29 is 24.1 Å². The minimum Gasteiger partial charge on any atom is -0.390 e. The summed E-state index contributed by atoms with van der Waals surface area (Å²) in [5, 5.41) is 12.0. The number of allylic oxidation sites excluding steroid dienone is 1. The van der Waals surface area contributed by atoms with Gasteiger partial charge in [-0.25, -0.2) is 0 Å². The van der Waals surface area contributed by atoms with E-state index in [9.17, 15) is 5.11 Å². The van der Waals surface area contributed by atoms with Crippen LogP contribution in [0.15, 0.2) is 11.6 Å². The number of hydrogen-bond donors (Lipinski definition) is 1. The summed E-state index contributed by atoms with van der Waals surface area (Å²) in [6, 6.07) is 0. The number of fused-ring (bicyclic) bond motifs is 2. The summed E-state index contributed by atoms with van der Waals surface area (Å²) in [5.41, 5.74) is 1.29. The van der Waals surface area contributed by atoms with E-state index in [0.29, 0.717) is 36.9 Å². The molecule has 1 N–H and O–H groups in total. The highest BCUT2D eigenvalue weighted by Gasteiger charge is 2.76. The van der Waals surface area contributed by atoms with Crippen molar-refractivity contribution in [3.05, 3.63) is 11.6 Å². The van der Waals surface area contributed by atoms with Gasteiger partial charge in [0.05, 0.1) is 32.0 Å². The Balaban J connectivity index is 1.24. The third kappa shape index (κ3) is 2.13. The Labute approximate surface area is 179 Å². The van der Waals surface area contributed by atoms with Gasteiger partial charge in [0.2, 0.25) is 0 Å². The van der Waals surface area contributed by atoms with Crippen LogP contribution in [0.3, 0.4) is 0 Å². The number of aliphatic hydroxyl groups is 1. The molecule has 30 heavy (non-hydrogen) atoms. The second kappa shape index (κ2) is 5.72. The number of ether oxygens (including phenoxy) is 4. The molecule has 7 aliphatic rings. The van der Waals surface area contributed by atoms with Gasteiger partial charge in [0.25, 0.3) is 0 Å². The molecule has 7 rings (SSSR count). The van der Waals surface area contributed by atoms with Crippen LogP contribution < -0.4 is 0 Å². The zero-order valence-corrected chi connectivity index (χ0v) is 18.5. The van der Waals surface area contributed by atoms with Gasteiger partial charge in [0.1, 0.15) is 0 Å². The maximum atomic E-state index is 12.0. The van der Waals surface area contributed by atoms with Gasteiger partial charge in [-0.2, -0.15) is 0 Å². The number of hydrogen-bond acceptors (Lipinski definition) is 5. The van der Waals surface area contributed by atoms with E-state index in [1.807, 2.05) is 0 Å². The van der Waals surface area contributed by atoms with Gasteiger partial charge < -0.3 is 24.1 Å². The van der Waals surface area contributed by atoms with Gasteiger partial charge in [-0.3, -0.25) is 0 Å². The van der Waals surface area contributed by atoms with Gasteiger partial charge in [-0.1, -0.05) is 18.6 Å². The van der Waals surface area contributed by atoms with Crippen LogP contribution in [0.25, 0.3) is 0 Å². The van der Waals surface area contributed by atoms with E-state index in [1.165, 1.54) is 12.0 Å². The second-order valence-corrected chi connectivity index (χ2v) is 12.0. The summed E-state index contributed by atoms with van der Waals surface area (Å²) in [4.78, 5) is 0. The molecule has 5 heteroatoms. The summed E-state index contributed by atoms with van der Waals surface area (Å²) in [5.74, 6) is 1.18. The van der Waals surface area contributed by atoms with Gasteiger partial charge in [0, 0.05) is 30.1 Å². The normalized spacial score (nSPS) is 54.8. The van der Waals surface area contributed by atoms with Crippen LogP contribution in [0.5, 0.6) is 0 Å². The predicted molar refractivity (Wildman–Crippen MR) is 109 cm³/mol. The standard InChI is InChI=1S/C25H36O5/c1-21-14-24(26)15-23-7-8-25(29-11-12-30-25)13-16(23)3-4-17(20(23)24)18(21)5-6-19(21)22(2)27-9-10-28-22/h3,17-20,26H,4-15H2,1-2H3/t17-,18-,19-,20-,21-,23+,24-/m0/s1. The average molecular weight is 417 g/mol. The minimum absolute atomic E-state index is 0.0928. The van der Waals surface area contributed by atoms with E-state index >= 15 is 0 Å². The van der Waals surface area contributed by atoms with Crippen molar-refractivity contribution in [2.45, 2.75) is 82.4 Å². The van der Waals surface area contributed by atoms with E-state index in [2.05, 4.69) is 19.9 Å². The fourth-order valence-electron chi connectivity index (χ4n) is 10.1. The van der Waals surface area contributed by atoms with E-state index in [1.54, 1.807) is 0 Å². The smallest absolute Gasteiger partial charge is 0.172 e. The van der Waals surface area contributed by atoms with Crippen molar-refractivity contribution in [2.75, 3.05) is 26.4 Å². The summed E-state index contributed by atoms with van der Waals surface area (Å²) >= 11 is 0. The van der Waals surface area contributed by atoms with E-state index in [-0.39, 0.29) is 16.6 Å². The lowest BCUT2D eigenvalue weighted by atomic mass is 9.33. The van der Waals surface area contributed by atoms with Crippen molar-refractivity contribution in [1.82, 2.24) is 0 Å². The average Bonchev–Trinajstić information content (AvgIpc) is 3.40. The van der Waals surface area contributed by atoms with Crippen LogP contribution in [-0.2, 0) is 18.9 Å². The molecule has 7 atom stereocenters. The minimum atomic E-state index is -0.533. The summed E-state index contributed by atoms with van der Waals surface area (Å²) in [6.07, 6.45) is 10.9. The molecule has 0 amide bonds. The Morgan fingerprint density at radius 3 is 2.43 bits per heavy atom. The third-order valence-electron chi connectivity index (χ3n) is 10.8. The lowest BCUT2D eigenvalue weighted by Crippen LogP contribution is -2.73. The molecule has 2 aliphatic heterocycles. The van der Waals surface area contributed by atoms with E-state index < -0.39 is 11.4 Å². The lowest BCUT2D eigenvalue weighted by molar-refractivity contribution is -0.299. The topological polar surface area (TPSA) is 57.2 Å². The SMILES string of the molecule is CC1([C@H]2CC[C@H]3[C@@H]4CC=C5CC6(CC[C@@]57C[C@@](O)(C[C@]23C)[C@@H]47)OCCO6)OCCO1. The first-order valence-corrected chi connectivity index (χ1v) is 12.3. The molecule has 0 aromatic heterocycles. The highest BCUT2D eigenvalue weighted by Crippen LogP contribution is 2.78. The van der Waals surface area contributed by atoms with Crippen molar-refractivity contribution in [1.29, 1.82) is 0 Å². The van der Waals surface area contributed by atoms with Crippen LogP contribution >= 0.6 is 0 Å². The first-order chi connectivity index (χ1) is 14.3. The molecule has 6 fully saturated rings. The maximum Gasteiger partial charge on any atom is 0.172 e. The highest BCUT2D eigenvalue weighted by atomic mass is 16.7. The highest BCUT2D eigenvalue weighted by molar-refractivity contribution is 5.37. The Morgan fingerprint density at radius 1 is 0.933 bits per heavy atom. The zero-order chi connectivity index (χ0) is 20.4. The molecular weight excluding hydrogens is 380 g/mol. The first kappa shape index (κ1) is 19.0. The van der Waals surface area contributed by atoms with Crippen molar-refractivity contribution in [3.63, 3.8) is 0 Å². The predicted octanol–water partition coefficient (Wildman–Crippen LogP) is 3.80. The van der Waals surface area contributed by atoms with E-state index in [4.69, 9.17) is 18.9 Å². The van der Waals surface area contributed by atoms with Crippen molar-refractivity contribution in [3.8, 4) is 0 Å². The molecule has 5 aliphatic carbocycles. The van der Waals surface area contributed by atoms with Gasteiger partial charge in [-0.15, -0.1) is 0 Å². The second-order valence-electron chi connectivity index (χ2n) is 12.0. The largest absolute Gasteiger partial charge is 0.390 e. The molecule has 0 aromatic rings. The van der Waals surface area contributed by atoms with Crippen LogP contribution in [0.1, 0.15) is 65.2 Å². The zero-order valence-electron chi connectivity index (χ0n) is 18.5. The monoisotopic (exact) mass is 416 g/mol. The van der Waals surface area contributed by atoms with Crippen LogP contribution in [0.4, 0.5) is 0 Å². The molecule has 0 unspecified atom stereocenters. The summed E-state index contributed by atoms with van der Waals surface area (Å²) in [7, 11) is 0. The van der Waals surface area contributed by atoms with Gasteiger partial charge in [0.15, 0.2) is 11.6 Å². The molecular formula is C25H36O5. The van der Waals surface area contributed by atoms with Gasteiger partial charge in [-0.05, 0) is 62.7 Å². The quantitative estimate of drug-likeness (QED) is 0.659. The molecule has 0 radical (unpaired) electrons. The lowest BCUT2D eigenvalue weighted by Gasteiger charge is -2.73. The van der Waals surface area contributed by atoms with E-state index in [0.717, 1.165) is 58.2 Å². The van der Waals surface area contributed by atoms with Crippen LogP contribution in [0, 0.1) is 34.5 Å². The molecule has 4 saturated carbocycles. The van der Waals surface area contributed by atoms with Crippen LogP contribution in [0.2, 0.25) is 0 Å². The molecule has 2 spiro atoms. The Bertz CT molecular complexity index is 795. The van der Waals surface area contributed by atoms with Crippen molar-refractivity contribution >= 4 is 0 Å². The Kier molecular flexibility index (Phi) is 3.63. The summed E-state index contributed by atoms with van der Waals surface area (Å²) in [6.45, 7) is 7.44. The molecule has 2 saturated heterocycles. The molecule has 5 nitrogen and oxygen atoms in total. The van der Waals surface area contributed by atoms with Crippen molar-refractivity contribution in [2.24, 2.45) is 34.5 Å². The molecule has 166 valence electrons.